The van der Waals surface area contributed by atoms with Gasteiger partial charge >= 0.3 is 0 Å². The molecule has 0 aromatic carbocycles. The van der Waals surface area contributed by atoms with E-state index in [-0.39, 0.29) is 10.5 Å². The second-order valence-corrected chi connectivity index (χ2v) is 3.68. The number of halogens is 1. The Balaban J connectivity index is 3.03. The highest BCUT2D eigenvalue weighted by Crippen LogP contribution is 2.13. The van der Waals surface area contributed by atoms with Crippen LogP contribution >= 0.6 is 11.6 Å². The van der Waals surface area contributed by atoms with E-state index in [2.05, 4.69) is 9.97 Å². The van der Waals surface area contributed by atoms with E-state index >= 15 is 0 Å². The molecule has 0 unspecified atom stereocenters. The highest BCUT2D eigenvalue weighted by Gasteiger charge is 2.07. The Kier molecular flexibility index (Phi) is 2.04. The predicted octanol–water partition coefficient (Wildman–Crippen LogP) is 2.19. The van der Waals surface area contributed by atoms with Crippen molar-refractivity contribution < 1.29 is 0 Å². The maximum absolute atomic E-state index is 11.7. The lowest BCUT2D eigenvalue weighted by atomic mass is 10.1. The van der Waals surface area contributed by atoms with Crippen LogP contribution in [0.3, 0.4) is 0 Å². The van der Waals surface area contributed by atoms with Crippen LogP contribution in [-0.2, 0) is 0 Å². The van der Waals surface area contributed by atoms with Crippen LogP contribution in [0.2, 0.25) is 5.02 Å². The molecule has 2 aromatic rings. The van der Waals surface area contributed by atoms with Gasteiger partial charge in [0, 0.05) is 11.9 Å². The summed E-state index contributed by atoms with van der Waals surface area (Å²) in [5, 5.41) is 0.773. The summed E-state index contributed by atoms with van der Waals surface area (Å²) in [7, 11) is 0. The number of rotatable bonds is 0. The van der Waals surface area contributed by atoms with Gasteiger partial charge in [-0.25, -0.2) is 4.98 Å². The zero-order valence-corrected chi connectivity index (χ0v) is 8.64. The summed E-state index contributed by atoms with van der Waals surface area (Å²) < 4.78 is 0. The van der Waals surface area contributed by atoms with E-state index in [1.54, 1.807) is 0 Å². The van der Waals surface area contributed by atoms with Crippen molar-refractivity contribution in [1.29, 1.82) is 0 Å². The number of pyridine rings is 2. The van der Waals surface area contributed by atoms with Crippen molar-refractivity contribution in [3.8, 4) is 0 Å². The molecule has 0 bridgehead atoms. The van der Waals surface area contributed by atoms with Gasteiger partial charge in [0.05, 0.1) is 5.39 Å². The number of aromatic nitrogens is 2. The molecule has 0 spiro atoms. The molecule has 2 heterocycles. The second-order valence-electron chi connectivity index (χ2n) is 3.27. The van der Waals surface area contributed by atoms with Crippen molar-refractivity contribution in [3.05, 3.63) is 38.8 Å². The summed E-state index contributed by atoms with van der Waals surface area (Å²) in [6, 6.07) is 1.87. The first-order valence-electron chi connectivity index (χ1n) is 4.25. The van der Waals surface area contributed by atoms with Gasteiger partial charge in [-0.1, -0.05) is 11.6 Å². The maximum atomic E-state index is 11.7. The number of hydrogen-bond donors (Lipinski definition) is 1. The van der Waals surface area contributed by atoms with Crippen LogP contribution in [0, 0.1) is 13.8 Å². The molecule has 0 fully saturated rings. The zero-order chi connectivity index (χ0) is 10.3. The first-order valence-corrected chi connectivity index (χ1v) is 4.62. The fourth-order valence-electron chi connectivity index (χ4n) is 1.54. The number of nitrogens with zero attached hydrogens (tertiary/aromatic N) is 1. The molecule has 0 radical (unpaired) electrons. The van der Waals surface area contributed by atoms with Crippen LogP contribution in [-0.4, -0.2) is 9.97 Å². The SMILES string of the molecule is Cc1cc(C)c2c(=O)c(Cl)c[nH]c2n1. The molecule has 0 aliphatic rings. The number of aromatic amines is 1. The van der Waals surface area contributed by atoms with Crippen molar-refractivity contribution >= 4 is 22.6 Å². The lowest BCUT2D eigenvalue weighted by Crippen LogP contribution is -2.06. The fourth-order valence-corrected chi connectivity index (χ4v) is 1.69. The largest absolute Gasteiger partial charge is 0.344 e. The van der Waals surface area contributed by atoms with Crippen LogP contribution in [0.25, 0.3) is 11.0 Å². The summed E-state index contributed by atoms with van der Waals surface area (Å²) >= 11 is 5.73. The third-order valence-corrected chi connectivity index (χ3v) is 2.41. The quantitative estimate of drug-likeness (QED) is 0.722. The van der Waals surface area contributed by atoms with E-state index < -0.39 is 0 Å². The van der Waals surface area contributed by atoms with Crippen LogP contribution in [0.15, 0.2) is 17.1 Å². The van der Waals surface area contributed by atoms with E-state index in [9.17, 15) is 4.79 Å². The third-order valence-electron chi connectivity index (χ3n) is 2.12. The van der Waals surface area contributed by atoms with E-state index in [1.165, 1.54) is 6.20 Å². The highest BCUT2D eigenvalue weighted by molar-refractivity contribution is 6.31. The second kappa shape index (κ2) is 3.10. The summed E-state index contributed by atoms with van der Waals surface area (Å²) in [6.45, 7) is 3.77. The predicted molar refractivity (Wildman–Crippen MR) is 56.8 cm³/mol. The average molecular weight is 209 g/mol. The summed E-state index contributed by atoms with van der Waals surface area (Å²) in [4.78, 5) is 18.8. The lowest BCUT2D eigenvalue weighted by Gasteiger charge is -2.02. The lowest BCUT2D eigenvalue weighted by molar-refractivity contribution is 1.18. The van der Waals surface area contributed by atoms with Gasteiger partial charge in [-0.2, -0.15) is 0 Å². The fraction of sp³-hybridized carbons (Fsp3) is 0.200. The topological polar surface area (TPSA) is 45.8 Å². The normalized spacial score (nSPS) is 10.8. The number of fused-ring (bicyclic) bond motifs is 1. The first-order chi connectivity index (χ1) is 6.59. The molecule has 0 saturated carbocycles. The monoisotopic (exact) mass is 208 g/mol. The number of nitrogens with one attached hydrogen (secondary N) is 1. The highest BCUT2D eigenvalue weighted by atomic mass is 35.5. The minimum absolute atomic E-state index is 0.162. The van der Waals surface area contributed by atoms with E-state index in [1.807, 2.05) is 19.9 Å². The number of hydrogen-bond acceptors (Lipinski definition) is 2. The van der Waals surface area contributed by atoms with Crippen LogP contribution in [0.1, 0.15) is 11.3 Å². The Hall–Kier alpha value is -1.35. The Morgan fingerprint density at radius 1 is 1.43 bits per heavy atom. The molecule has 0 saturated heterocycles. The summed E-state index contributed by atoms with van der Waals surface area (Å²) in [5.41, 5.74) is 2.21. The van der Waals surface area contributed by atoms with Crippen molar-refractivity contribution in [3.63, 3.8) is 0 Å². The molecule has 2 rings (SSSR count). The van der Waals surface area contributed by atoms with Crippen molar-refractivity contribution in [2.75, 3.05) is 0 Å². The molecule has 14 heavy (non-hydrogen) atoms. The van der Waals surface area contributed by atoms with Gasteiger partial charge in [0.2, 0.25) is 5.43 Å². The standard InChI is InChI=1S/C10H9ClN2O/c1-5-3-6(2)13-10-8(5)9(14)7(11)4-12-10/h3-4H,1-2H3,(H,12,13,14). The van der Waals surface area contributed by atoms with Gasteiger partial charge in [-0.15, -0.1) is 0 Å². The number of H-pyrrole nitrogens is 1. The molecule has 2 aromatic heterocycles. The average Bonchev–Trinajstić information content (AvgIpc) is 2.10. The molecular weight excluding hydrogens is 200 g/mol. The van der Waals surface area contributed by atoms with Gasteiger partial charge in [0.25, 0.3) is 0 Å². The zero-order valence-electron chi connectivity index (χ0n) is 7.89. The van der Waals surface area contributed by atoms with Crippen molar-refractivity contribution in [2.45, 2.75) is 13.8 Å². The van der Waals surface area contributed by atoms with E-state index in [0.29, 0.717) is 11.0 Å². The minimum atomic E-state index is -0.162. The van der Waals surface area contributed by atoms with Crippen molar-refractivity contribution in [2.24, 2.45) is 0 Å². The molecule has 72 valence electrons. The van der Waals surface area contributed by atoms with Crippen LogP contribution in [0.5, 0.6) is 0 Å². The van der Waals surface area contributed by atoms with Gasteiger partial charge in [0.1, 0.15) is 10.7 Å². The molecule has 1 N–H and O–H groups in total. The summed E-state index contributed by atoms with van der Waals surface area (Å²) in [6.07, 6.45) is 1.47. The van der Waals surface area contributed by atoms with Gasteiger partial charge in [0.15, 0.2) is 0 Å². The third kappa shape index (κ3) is 1.30. The molecule has 0 atom stereocenters. The smallest absolute Gasteiger partial charge is 0.209 e. The summed E-state index contributed by atoms with van der Waals surface area (Å²) in [5.74, 6) is 0. The van der Waals surface area contributed by atoms with Gasteiger partial charge in [-0.05, 0) is 25.5 Å². The Labute approximate surface area is 85.7 Å². The molecular formula is C10H9ClN2O. The minimum Gasteiger partial charge on any atom is -0.344 e. The van der Waals surface area contributed by atoms with Crippen LogP contribution in [0.4, 0.5) is 0 Å². The first kappa shape index (κ1) is 9.21. The molecule has 3 nitrogen and oxygen atoms in total. The van der Waals surface area contributed by atoms with Gasteiger partial charge in [-0.3, -0.25) is 4.79 Å². The van der Waals surface area contributed by atoms with E-state index in [0.717, 1.165) is 11.3 Å². The molecule has 0 amide bonds. The molecule has 0 aliphatic heterocycles. The Morgan fingerprint density at radius 3 is 2.86 bits per heavy atom. The molecule has 0 aliphatic carbocycles. The number of aryl methyl sites for hydroxylation is 2. The Morgan fingerprint density at radius 2 is 2.14 bits per heavy atom. The van der Waals surface area contributed by atoms with Gasteiger partial charge < -0.3 is 4.98 Å². The van der Waals surface area contributed by atoms with E-state index in [4.69, 9.17) is 11.6 Å². The Bertz CT molecular complexity index is 560. The van der Waals surface area contributed by atoms with Crippen LogP contribution < -0.4 is 5.43 Å². The van der Waals surface area contributed by atoms with Crippen molar-refractivity contribution in [1.82, 2.24) is 9.97 Å². The maximum Gasteiger partial charge on any atom is 0.209 e. The molecule has 4 heteroatoms.